The SMILES string of the molecule is CCOC(=O)[C@@H](Sc1nnnn1-c1ccccc1)c1ccccc1. The average molecular weight is 340 g/mol. The number of benzene rings is 2. The van der Waals surface area contributed by atoms with Crippen molar-refractivity contribution in [3.8, 4) is 5.69 Å². The van der Waals surface area contributed by atoms with E-state index in [-0.39, 0.29) is 5.97 Å². The summed E-state index contributed by atoms with van der Waals surface area (Å²) in [4.78, 5) is 12.4. The molecule has 7 heteroatoms. The van der Waals surface area contributed by atoms with Crippen molar-refractivity contribution in [1.29, 1.82) is 0 Å². The van der Waals surface area contributed by atoms with E-state index in [4.69, 9.17) is 4.74 Å². The number of carbonyl (C=O) groups is 1. The lowest BCUT2D eigenvalue weighted by molar-refractivity contribution is -0.142. The standard InChI is InChI=1S/C17H16N4O2S/c1-2-23-16(22)15(13-9-5-3-6-10-13)24-17-18-19-20-21(17)14-11-7-4-8-12-14/h3-12,15H,2H2,1H3/t15-/m0/s1. The van der Waals surface area contributed by atoms with Crippen molar-refractivity contribution >= 4 is 17.7 Å². The number of para-hydroxylation sites is 1. The Morgan fingerprint density at radius 3 is 2.46 bits per heavy atom. The number of thioether (sulfide) groups is 1. The Labute approximate surface area is 143 Å². The molecule has 6 nitrogen and oxygen atoms in total. The number of carbonyl (C=O) groups excluding carboxylic acids is 1. The number of rotatable bonds is 6. The number of hydrogen-bond donors (Lipinski definition) is 0. The fourth-order valence-corrected chi connectivity index (χ4v) is 3.18. The maximum Gasteiger partial charge on any atom is 0.324 e. The molecule has 1 aromatic heterocycles. The first kappa shape index (κ1) is 16.2. The molecule has 0 saturated carbocycles. The summed E-state index contributed by atoms with van der Waals surface area (Å²) in [5, 5.41) is 11.8. The molecule has 122 valence electrons. The predicted molar refractivity (Wildman–Crippen MR) is 90.8 cm³/mol. The molecule has 0 bridgehead atoms. The van der Waals surface area contributed by atoms with E-state index in [0.29, 0.717) is 11.8 Å². The van der Waals surface area contributed by atoms with Gasteiger partial charge in [0.15, 0.2) is 0 Å². The van der Waals surface area contributed by atoms with Gasteiger partial charge >= 0.3 is 5.97 Å². The second kappa shape index (κ2) is 7.74. The molecular weight excluding hydrogens is 324 g/mol. The molecular formula is C17H16N4O2S. The Morgan fingerprint density at radius 2 is 1.79 bits per heavy atom. The summed E-state index contributed by atoms with van der Waals surface area (Å²) in [5.74, 6) is -0.309. The van der Waals surface area contributed by atoms with Crippen LogP contribution in [0.15, 0.2) is 65.8 Å². The van der Waals surface area contributed by atoms with Crippen LogP contribution in [0.1, 0.15) is 17.7 Å². The lowest BCUT2D eigenvalue weighted by atomic mass is 10.1. The molecule has 0 fully saturated rings. The summed E-state index contributed by atoms with van der Waals surface area (Å²) in [6.07, 6.45) is 0. The topological polar surface area (TPSA) is 69.9 Å². The van der Waals surface area contributed by atoms with Crippen molar-refractivity contribution in [2.24, 2.45) is 0 Å². The summed E-state index contributed by atoms with van der Waals surface area (Å²) in [5.41, 5.74) is 1.68. The quantitative estimate of drug-likeness (QED) is 0.507. The van der Waals surface area contributed by atoms with Gasteiger partial charge < -0.3 is 4.74 Å². The van der Waals surface area contributed by atoms with E-state index in [1.165, 1.54) is 11.8 Å². The summed E-state index contributed by atoms with van der Waals surface area (Å²) >= 11 is 1.27. The van der Waals surface area contributed by atoms with Crippen LogP contribution in [-0.4, -0.2) is 32.8 Å². The van der Waals surface area contributed by atoms with Crippen molar-refractivity contribution in [2.75, 3.05) is 6.61 Å². The van der Waals surface area contributed by atoms with Gasteiger partial charge in [-0.3, -0.25) is 4.79 Å². The molecule has 3 rings (SSSR count). The Kier molecular flexibility index (Phi) is 5.22. The normalized spacial score (nSPS) is 11.9. The molecule has 0 unspecified atom stereocenters. The lowest BCUT2D eigenvalue weighted by Crippen LogP contribution is -2.14. The van der Waals surface area contributed by atoms with Crippen LogP contribution in [0.2, 0.25) is 0 Å². The van der Waals surface area contributed by atoms with Crippen LogP contribution in [0.3, 0.4) is 0 Å². The number of hydrogen-bond acceptors (Lipinski definition) is 6. The first-order valence-corrected chi connectivity index (χ1v) is 8.39. The van der Waals surface area contributed by atoms with E-state index in [0.717, 1.165) is 11.3 Å². The minimum atomic E-state index is -0.528. The van der Waals surface area contributed by atoms with Crippen LogP contribution >= 0.6 is 11.8 Å². The lowest BCUT2D eigenvalue weighted by Gasteiger charge is -2.15. The molecule has 0 aliphatic carbocycles. The van der Waals surface area contributed by atoms with Gasteiger partial charge in [-0.05, 0) is 35.0 Å². The molecule has 24 heavy (non-hydrogen) atoms. The number of aromatic nitrogens is 4. The van der Waals surface area contributed by atoms with Gasteiger partial charge in [0, 0.05) is 0 Å². The number of tetrazole rings is 1. The summed E-state index contributed by atoms with van der Waals surface area (Å²) in [6, 6.07) is 19.0. The highest BCUT2D eigenvalue weighted by molar-refractivity contribution is 8.00. The highest BCUT2D eigenvalue weighted by Crippen LogP contribution is 2.35. The highest BCUT2D eigenvalue weighted by Gasteiger charge is 2.26. The molecule has 1 heterocycles. The van der Waals surface area contributed by atoms with E-state index in [9.17, 15) is 4.79 Å². The molecule has 0 spiro atoms. The van der Waals surface area contributed by atoms with Crippen molar-refractivity contribution in [3.63, 3.8) is 0 Å². The number of nitrogens with zero attached hydrogens (tertiary/aromatic N) is 4. The summed E-state index contributed by atoms with van der Waals surface area (Å²) in [6.45, 7) is 2.12. The van der Waals surface area contributed by atoms with E-state index >= 15 is 0 Å². The third-order valence-corrected chi connectivity index (χ3v) is 4.43. The van der Waals surface area contributed by atoms with E-state index in [2.05, 4.69) is 15.5 Å². The Balaban J connectivity index is 1.92. The second-order valence-corrected chi connectivity index (χ2v) is 5.94. The third kappa shape index (κ3) is 3.62. The van der Waals surface area contributed by atoms with Gasteiger partial charge in [-0.1, -0.05) is 60.3 Å². The van der Waals surface area contributed by atoms with Crippen LogP contribution in [0.5, 0.6) is 0 Å². The molecule has 0 aliphatic heterocycles. The highest BCUT2D eigenvalue weighted by atomic mass is 32.2. The fourth-order valence-electron chi connectivity index (χ4n) is 2.19. The maximum atomic E-state index is 12.4. The first-order chi connectivity index (χ1) is 11.8. The summed E-state index contributed by atoms with van der Waals surface area (Å²) < 4.78 is 6.83. The minimum absolute atomic E-state index is 0.309. The number of esters is 1. The van der Waals surface area contributed by atoms with Crippen LogP contribution in [0, 0.1) is 0 Å². The first-order valence-electron chi connectivity index (χ1n) is 7.51. The number of ether oxygens (including phenoxy) is 1. The van der Waals surface area contributed by atoms with Crippen molar-refractivity contribution in [3.05, 3.63) is 66.2 Å². The van der Waals surface area contributed by atoms with Crippen molar-refractivity contribution in [2.45, 2.75) is 17.3 Å². The molecule has 3 aromatic rings. The molecule has 0 N–H and O–H groups in total. The zero-order valence-corrected chi connectivity index (χ0v) is 13.9. The Hall–Kier alpha value is -2.67. The van der Waals surface area contributed by atoms with Crippen LogP contribution in [-0.2, 0) is 9.53 Å². The fraction of sp³-hybridized carbons (Fsp3) is 0.176. The van der Waals surface area contributed by atoms with E-state index < -0.39 is 5.25 Å². The second-order valence-electron chi connectivity index (χ2n) is 4.87. The molecule has 0 amide bonds. The molecule has 0 radical (unpaired) electrons. The van der Waals surface area contributed by atoms with Crippen LogP contribution < -0.4 is 0 Å². The molecule has 2 aromatic carbocycles. The molecule has 0 saturated heterocycles. The average Bonchev–Trinajstić information content (AvgIpc) is 3.09. The van der Waals surface area contributed by atoms with Gasteiger partial charge in [0.2, 0.25) is 5.16 Å². The van der Waals surface area contributed by atoms with Crippen LogP contribution in [0.4, 0.5) is 0 Å². The van der Waals surface area contributed by atoms with Crippen LogP contribution in [0.25, 0.3) is 5.69 Å². The van der Waals surface area contributed by atoms with Gasteiger partial charge in [0.1, 0.15) is 5.25 Å². The van der Waals surface area contributed by atoms with E-state index in [1.54, 1.807) is 11.6 Å². The van der Waals surface area contributed by atoms with Crippen molar-refractivity contribution in [1.82, 2.24) is 20.2 Å². The largest absolute Gasteiger partial charge is 0.465 e. The third-order valence-electron chi connectivity index (χ3n) is 3.27. The van der Waals surface area contributed by atoms with Gasteiger partial charge in [-0.15, -0.1) is 5.10 Å². The summed E-state index contributed by atoms with van der Waals surface area (Å²) in [7, 11) is 0. The predicted octanol–water partition coefficient (Wildman–Crippen LogP) is 3.06. The van der Waals surface area contributed by atoms with Gasteiger partial charge in [0.05, 0.1) is 12.3 Å². The van der Waals surface area contributed by atoms with Crippen molar-refractivity contribution < 1.29 is 9.53 Å². The molecule has 1 atom stereocenters. The van der Waals surface area contributed by atoms with E-state index in [1.807, 2.05) is 60.7 Å². The molecule has 0 aliphatic rings. The Bertz CT molecular complexity index is 793. The zero-order valence-electron chi connectivity index (χ0n) is 13.1. The monoisotopic (exact) mass is 340 g/mol. The van der Waals surface area contributed by atoms with Gasteiger partial charge in [-0.25, -0.2) is 0 Å². The Morgan fingerprint density at radius 1 is 1.12 bits per heavy atom. The maximum absolute atomic E-state index is 12.4. The van der Waals surface area contributed by atoms with Gasteiger partial charge in [-0.2, -0.15) is 4.68 Å². The zero-order chi connectivity index (χ0) is 16.8. The smallest absolute Gasteiger partial charge is 0.324 e. The van der Waals surface area contributed by atoms with Gasteiger partial charge in [0.25, 0.3) is 0 Å². The minimum Gasteiger partial charge on any atom is -0.465 e.